The van der Waals surface area contributed by atoms with Gasteiger partial charge in [0.05, 0.1) is 17.7 Å². The van der Waals surface area contributed by atoms with Gasteiger partial charge >= 0.3 is 0 Å². The number of rotatable bonds is 3. The lowest BCUT2D eigenvalue weighted by Gasteiger charge is -2.35. The van der Waals surface area contributed by atoms with Crippen LogP contribution in [0.1, 0.15) is 12.8 Å². The highest BCUT2D eigenvalue weighted by molar-refractivity contribution is 9.10. The highest BCUT2D eigenvalue weighted by atomic mass is 79.9. The summed E-state index contributed by atoms with van der Waals surface area (Å²) >= 11 is 3.49. The quantitative estimate of drug-likeness (QED) is 0.910. The lowest BCUT2D eigenvalue weighted by molar-refractivity contribution is -0.124. The fourth-order valence-corrected chi connectivity index (χ4v) is 2.67. The van der Waals surface area contributed by atoms with E-state index in [1.165, 1.54) is 0 Å². The fourth-order valence-electron chi connectivity index (χ4n) is 2.19. The number of carbonyl (C=O) groups is 1. The summed E-state index contributed by atoms with van der Waals surface area (Å²) in [6.07, 6.45) is 3.92. The Hall–Kier alpha value is -1.14. The first-order valence-corrected chi connectivity index (χ1v) is 7.30. The molecule has 2 fully saturated rings. The van der Waals surface area contributed by atoms with Crippen LogP contribution in [0.2, 0.25) is 0 Å². The van der Waals surface area contributed by atoms with Crippen molar-refractivity contribution in [2.75, 3.05) is 24.7 Å². The number of amides is 1. The summed E-state index contributed by atoms with van der Waals surface area (Å²) in [7, 11) is 0. The molecule has 1 aromatic heterocycles. The topological polar surface area (TPSA) is 54.5 Å². The molecule has 1 aliphatic carbocycles. The van der Waals surface area contributed by atoms with Crippen LogP contribution in [-0.4, -0.2) is 42.7 Å². The van der Waals surface area contributed by atoms with Crippen LogP contribution < -0.4 is 10.2 Å². The smallest absolute Gasteiger partial charge is 0.245 e. The van der Waals surface area contributed by atoms with E-state index in [0.717, 1.165) is 23.1 Å². The van der Waals surface area contributed by atoms with Crippen LogP contribution in [0.25, 0.3) is 0 Å². The van der Waals surface area contributed by atoms with Gasteiger partial charge in [0.25, 0.3) is 0 Å². The predicted molar refractivity (Wildman–Crippen MR) is 75.1 cm³/mol. The number of nitrogens with one attached hydrogen (secondary N) is 1. The Bertz CT molecular complexity index is 479. The standard InChI is InChI=1S/C13H16BrN3O2/c14-10-2-1-5-15-12(10)17-6-7-19-8-11(17)13(18)16-9-3-4-9/h1-2,5,9,11H,3-4,6-8H2,(H,16,18). The number of carbonyl (C=O) groups excluding carboxylic acids is 1. The molecule has 5 nitrogen and oxygen atoms in total. The van der Waals surface area contributed by atoms with E-state index >= 15 is 0 Å². The molecule has 1 N–H and O–H groups in total. The third-order valence-electron chi connectivity index (χ3n) is 3.37. The molecule has 2 aliphatic rings. The molecule has 1 aromatic rings. The van der Waals surface area contributed by atoms with Gasteiger partial charge in [-0.15, -0.1) is 0 Å². The van der Waals surface area contributed by atoms with Crippen LogP contribution in [0.4, 0.5) is 5.82 Å². The summed E-state index contributed by atoms with van der Waals surface area (Å²) in [6.45, 7) is 1.72. The van der Waals surface area contributed by atoms with E-state index in [2.05, 4.69) is 26.2 Å². The Morgan fingerprint density at radius 3 is 3.11 bits per heavy atom. The lowest BCUT2D eigenvalue weighted by Crippen LogP contribution is -2.54. The van der Waals surface area contributed by atoms with Crippen molar-refractivity contribution in [2.24, 2.45) is 0 Å². The normalized spacial score (nSPS) is 23.2. The molecule has 0 aromatic carbocycles. The van der Waals surface area contributed by atoms with Crippen molar-refractivity contribution < 1.29 is 9.53 Å². The minimum Gasteiger partial charge on any atom is -0.377 e. The molecule has 3 rings (SSSR count). The third-order valence-corrected chi connectivity index (χ3v) is 3.98. The van der Waals surface area contributed by atoms with Crippen LogP contribution in [0, 0.1) is 0 Å². The lowest BCUT2D eigenvalue weighted by atomic mass is 10.2. The number of hydrogen-bond donors (Lipinski definition) is 1. The molecule has 102 valence electrons. The van der Waals surface area contributed by atoms with Gasteiger partial charge in [-0.05, 0) is 40.9 Å². The van der Waals surface area contributed by atoms with Gasteiger partial charge in [0, 0.05) is 18.8 Å². The zero-order valence-corrected chi connectivity index (χ0v) is 12.1. The van der Waals surface area contributed by atoms with E-state index in [9.17, 15) is 4.79 Å². The van der Waals surface area contributed by atoms with Crippen molar-refractivity contribution in [3.8, 4) is 0 Å². The van der Waals surface area contributed by atoms with Gasteiger partial charge in [-0.25, -0.2) is 4.98 Å². The van der Waals surface area contributed by atoms with Crippen molar-refractivity contribution in [1.29, 1.82) is 0 Å². The molecular formula is C13H16BrN3O2. The molecule has 1 amide bonds. The zero-order chi connectivity index (χ0) is 13.2. The second-order valence-corrected chi connectivity index (χ2v) is 5.73. The molecule has 1 atom stereocenters. The summed E-state index contributed by atoms with van der Waals surface area (Å²) in [5.41, 5.74) is 0. The van der Waals surface area contributed by atoms with Crippen LogP contribution >= 0.6 is 15.9 Å². The van der Waals surface area contributed by atoms with Crippen LogP contribution in [0.15, 0.2) is 22.8 Å². The van der Waals surface area contributed by atoms with Crippen LogP contribution in [0.3, 0.4) is 0 Å². The third kappa shape index (κ3) is 2.90. The number of morpholine rings is 1. The number of aromatic nitrogens is 1. The molecule has 0 bridgehead atoms. The SMILES string of the molecule is O=C(NC1CC1)C1COCCN1c1ncccc1Br. The van der Waals surface area contributed by atoms with Crippen molar-refractivity contribution in [2.45, 2.75) is 24.9 Å². The Morgan fingerprint density at radius 1 is 1.53 bits per heavy atom. The first kappa shape index (κ1) is 12.9. The minimum absolute atomic E-state index is 0.0414. The van der Waals surface area contributed by atoms with Crippen molar-refractivity contribution in [3.63, 3.8) is 0 Å². The number of halogens is 1. The van der Waals surface area contributed by atoms with Gasteiger partial charge in [0.2, 0.25) is 5.91 Å². The maximum absolute atomic E-state index is 12.3. The van der Waals surface area contributed by atoms with E-state index < -0.39 is 0 Å². The van der Waals surface area contributed by atoms with Gasteiger partial charge < -0.3 is 15.0 Å². The number of anilines is 1. The number of hydrogen-bond acceptors (Lipinski definition) is 4. The summed E-state index contributed by atoms with van der Waals surface area (Å²) in [4.78, 5) is 18.7. The Morgan fingerprint density at radius 2 is 2.37 bits per heavy atom. The second-order valence-electron chi connectivity index (χ2n) is 4.88. The van der Waals surface area contributed by atoms with Crippen LogP contribution in [-0.2, 0) is 9.53 Å². The minimum atomic E-state index is -0.291. The van der Waals surface area contributed by atoms with E-state index in [4.69, 9.17) is 4.74 Å². The van der Waals surface area contributed by atoms with Gasteiger partial charge in [-0.3, -0.25) is 4.79 Å². The molecule has 1 saturated carbocycles. The van der Waals surface area contributed by atoms with Gasteiger partial charge in [-0.1, -0.05) is 0 Å². The van der Waals surface area contributed by atoms with Crippen molar-refractivity contribution in [3.05, 3.63) is 22.8 Å². The van der Waals surface area contributed by atoms with E-state index in [-0.39, 0.29) is 11.9 Å². The molecule has 2 heterocycles. The Labute approximate surface area is 120 Å². The molecule has 0 radical (unpaired) electrons. The monoisotopic (exact) mass is 325 g/mol. The summed E-state index contributed by atoms with van der Waals surface area (Å²) in [6, 6.07) is 3.88. The average molecular weight is 326 g/mol. The van der Waals surface area contributed by atoms with Crippen LogP contribution in [0.5, 0.6) is 0 Å². The maximum Gasteiger partial charge on any atom is 0.245 e. The summed E-state index contributed by atoms with van der Waals surface area (Å²) < 4.78 is 6.36. The predicted octanol–water partition coefficient (Wildman–Crippen LogP) is 1.33. The average Bonchev–Trinajstić information content (AvgIpc) is 3.23. The van der Waals surface area contributed by atoms with Gasteiger partial charge in [-0.2, -0.15) is 0 Å². The second kappa shape index (κ2) is 5.46. The Kier molecular flexibility index (Phi) is 3.70. The first-order valence-electron chi connectivity index (χ1n) is 6.51. The van der Waals surface area contributed by atoms with Crippen molar-refractivity contribution in [1.82, 2.24) is 10.3 Å². The summed E-state index contributed by atoms with van der Waals surface area (Å²) in [5.74, 6) is 0.849. The fraction of sp³-hybridized carbons (Fsp3) is 0.538. The summed E-state index contributed by atoms with van der Waals surface area (Å²) in [5, 5.41) is 3.04. The molecule has 19 heavy (non-hydrogen) atoms. The highest BCUT2D eigenvalue weighted by Crippen LogP contribution is 2.27. The zero-order valence-electron chi connectivity index (χ0n) is 10.5. The molecule has 6 heteroatoms. The number of pyridine rings is 1. The molecular weight excluding hydrogens is 310 g/mol. The number of ether oxygens (including phenoxy) is 1. The largest absolute Gasteiger partial charge is 0.377 e. The highest BCUT2D eigenvalue weighted by Gasteiger charge is 2.34. The molecule has 0 spiro atoms. The Balaban J connectivity index is 1.80. The van der Waals surface area contributed by atoms with Gasteiger partial charge in [0.15, 0.2) is 0 Å². The molecule has 1 saturated heterocycles. The van der Waals surface area contributed by atoms with E-state index in [0.29, 0.717) is 25.8 Å². The first-order chi connectivity index (χ1) is 9.25. The molecule has 1 unspecified atom stereocenters. The van der Waals surface area contributed by atoms with Crippen molar-refractivity contribution >= 4 is 27.7 Å². The van der Waals surface area contributed by atoms with E-state index in [1.54, 1.807) is 6.20 Å². The molecule has 1 aliphatic heterocycles. The van der Waals surface area contributed by atoms with Gasteiger partial charge in [0.1, 0.15) is 11.9 Å². The maximum atomic E-state index is 12.3. The number of nitrogens with zero attached hydrogens (tertiary/aromatic N) is 2. The van der Waals surface area contributed by atoms with E-state index in [1.807, 2.05) is 17.0 Å².